The molecule has 84 valence electrons. The summed E-state index contributed by atoms with van der Waals surface area (Å²) in [7, 11) is 0. The van der Waals surface area contributed by atoms with Gasteiger partial charge in [0.15, 0.2) is 8.68 Å². The Hall–Kier alpha value is -1.30. The normalized spacial score (nSPS) is 10.3. The van der Waals surface area contributed by atoms with Gasteiger partial charge in [0.2, 0.25) is 5.13 Å². The van der Waals surface area contributed by atoms with Gasteiger partial charge in [-0.2, -0.15) is 0 Å². The molecule has 8 nitrogen and oxygen atoms in total. The summed E-state index contributed by atoms with van der Waals surface area (Å²) >= 11 is 3.24. The molecule has 16 heavy (non-hydrogen) atoms. The van der Waals surface area contributed by atoms with Crippen molar-refractivity contribution in [3.8, 4) is 0 Å². The lowest BCUT2D eigenvalue weighted by Crippen LogP contribution is -1.85. The van der Waals surface area contributed by atoms with Gasteiger partial charge in [-0.05, 0) is 23.1 Å². The number of thiazole rings is 1. The summed E-state index contributed by atoms with van der Waals surface area (Å²) < 4.78 is 1.05. The number of nitrogens with one attached hydrogen (secondary N) is 1. The first-order valence-electron chi connectivity index (χ1n) is 3.70. The second-order valence-electron chi connectivity index (χ2n) is 2.31. The van der Waals surface area contributed by atoms with Crippen LogP contribution < -0.4 is 5.48 Å². The van der Waals surface area contributed by atoms with Crippen molar-refractivity contribution in [1.82, 2.24) is 15.2 Å². The summed E-state index contributed by atoms with van der Waals surface area (Å²) in [5.41, 5.74) is 1.86. The van der Waals surface area contributed by atoms with E-state index in [1.807, 2.05) is 5.48 Å². The molecular weight excluding hydrogens is 274 g/mol. The van der Waals surface area contributed by atoms with Crippen LogP contribution in [0.5, 0.6) is 0 Å². The third-order valence-electron chi connectivity index (χ3n) is 1.33. The molecule has 0 atom stereocenters. The number of nitro groups is 1. The second kappa shape index (κ2) is 4.69. The molecule has 0 radical (unpaired) electrons. The zero-order chi connectivity index (χ0) is 11.5. The van der Waals surface area contributed by atoms with Gasteiger partial charge in [-0.3, -0.25) is 15.3 Å². The van der Waals surface area contributed by atoms with E-state index in [0.717, 1.165) is 34.4 Å². The number of hydrogen-bond acceptors (Lipinski definition) is 10. The van der Waals surface area contributed by atoms with Crippen LogP contribution in [0.4, 0.5) is 10.1 Å². The summed E-state index contributed by atoms with van der Waals surface area (Å²) in [6, 6.07) is 0. The highest BCUT2D eigenvalue weighted by molar-refractivity contribution is 8.02. The summed E-state index contributed by atoms with van der Waals surface area (Å²) in [5.74, 6) is 0. The van der Waals surface area contributed by atoms with Gasteiger partial charge in [0.1, 0.15) is 6.20 Å². The van der Waals surface area contributed by atoms with Gasteiger partial charge >= 0.3 is 5.00 Å². The van der Waals surface area contributed by atoms with Gasteiger partial charge in [0.05, 0.1) is 4.92 Å². The molecule has 0 bridgehead atoms. The highest BCUT2D eigenvalue weighted by Gasteiger charge is 2.14. The van der Waals surface area contributed by atoms with Crippen molar-refractivity contribution in [3.05, 3.63) is 16.3 Å². The van der Waals surface area contributed by atoms with Gasteiger partial charge in [0.25, 0.3) is 0 Å². The first-order valence-corrected chi connectivity index (χ1v) is 6.15. The van der Waals surface area contributed by atoms with Crippen molar-refractivity contribution in [1.29, 1.82) is 0 Å². The van der Waals surface area contributed by atoms with Crippen molar-refractivity contribution in [3.63, 3.8) is 0 Å². The zero-order valence-electron chi connectivity index (χ0n) is 7.35. The molecule has 0 amide bonds. The predicted octanol–water partition coefficient (Wildman–Crippen LogP) is 1.86. The molecule has 2 aromatic heterocycles. The molecule has 2 aromatic rings. The van der Waals surface area contributed by atoms with Crippen molar-refractivity contribution in [2.75, 3.05) is 5.48 Å². The maximum absolute atomic E-state index is 10.4. The Morgan fingerprint density at radius 3 is 2.81 bits per heavy atom. The minimum atomic E-state index is -0.497. The molecule has 0 saturated carbocycles. The summed E-state index contributed by atoms with van der Waals surface area (Å²) in [5, 5.41) is 26.5. The molecule has 0 aliphatic heterocycles. The maximum atomic E-state index is 10.4. The molecule has 2 heterocycles. The summed E-state index contributed by atoms with van der Waals surface area (Å²) in [4.78, 5) is 13.8. The number of nitrogens with zero attached hydrogens (tertiary/aromatic N) is 4. The molecular formula is C5H3N5O3S3. The summed E-state index contributed by atoms with van der Waals surface area (Å²) in [6.07, 6.45) is 1.19. The van der Waals surface area contributed by atoms with Gasteiger partial charge in [-0.1, -0.05) is 11.3 Å². The monoisotopic (exact) mass is 277 g/mol. The molecule has 0 aliphatic carbocycles. The van der Waals surface area contributed by atoms with Crippen molar-refractivity contribution >= 4 is 44.6 Å². The van der Waals surface area contributed by atoms with Crippen LogP contribution in [0.25, 0.3) is 0 Å². The van der Waals surface area contributed by atoms with E-state index in [9.17, 15) is 10.1 Å². The lowest BCUT2D eigenvalue weighted by Gasteiger charge is -1.86. The van der Waals surface area contributed by atoms with Crippen molar-refractivity contribution in [2.45, 2.75) is 8.68 Å². The minimum Gasteiger partial charge on any atom is -0.289 e. The largest absolute Gasteiger partial charge is 0.344 e. The SMILES string of the molecule is O=[N+]([O-])c1cnc(Sc2nnc(NO)s2)s1. The van der Waals surface area contributed by atoms with Crippen LogP contribution in [0.3, 0.4) is 0 Å². The van der Waals surface area contributed by atoms with Gasteiger partial charge < -0.3 is 0 Å². The fraction of sp³-hybridized carbons (Fsp3) is 0. The molecule has 2 rings (SSSR count). The van der Waals surface area contributed by atoms with Crippen molar-refractivity contribution < 1.29 is 10.1 Å². The average molecular weight is 277 g/mol. The highest BCUT2D eigenvalue weighted by Crippen LogP contribution is 2.36. The van der Waals surface area contributed by atoms with E-state index in [1.165, 1.54) is 6.20 Å². The van der Waals surface area contributed by atoms with Crippen molar-refractivity contribution in [2.24, 2.45) is 0 Å². The third-order valence-corrected chi connectivity index (χ3v) is 4.23. The van der Waals surface area contributed by atoms with Crippen LogP contribution in [-0.4, -0.2) is 25.3 Å². The number of rotatable bonds is 4. The Balaban J connectivity index is 2.11. The number of hydrogen-bond donors (Lipinski definition) is 2. The zero-order valence-corrected chi connectivity index (χ0v) is 9.80. The molecule has 0 aliphatic rings. The van der Waals surface area contributed by atoms with Crippen LogP contribution in [0.2, 0.25) is 0 Å². The van der Waals surface area contributed by atoms with Crippen LogP contribution in [-0.2, 0) is 0 Å². The lowest BCUT2D eigenvalue weighted by molar-refractivity contribution is -0.380. The van der Waals surface area contributed by atoms with Crippen LogP contribution >= 0.6 is 34.4 Å². The molecule has 2 N–H and O–H groups in total. The Bertz CT molecular complexity index is 511. The molecule has 0 fully saturated rings. The minimum absolute atomic E-state index is 0.0208. The Morgan fingerprint density at radius 2 is 2.25 bits per heavy atom. The standard InChI is InChI=1S/C5H3N5O3S3/c11-9-3-7-8-5(15-3)16-4-6-1-2(14-4)10(12)13/h1,11H,(H,7,9). The Morgan fingerprint density at radius 1 is 1.44 bits per heavy atom. The summed E-state index contributed by atoms with van der Waals surface area (Å²) in [6.45, 7) is 0. The van der Waals surface area contributed by atoms with E-state index in [4.69, 9.17) is 5.21 Å². The van der Waals surface area contributed by atoms with E-state index < -0.39 is 4.92 Å². The van der Waals surface area contributed by atoms with Gasteiger partial charge in [0, 0.05) is 0 Å². The third kappa shape index (κ3) is 2.44. The quantitative estimate of drug-likeness (QED) is 0.642. The first-order chi connectivity index (χ1) is 7.69. The van der Waals surface area contributed by atoms with E-state index in [2.05, 4.69) is 15.2 Å². The highest BCUT2D eigenvalue weighted by atomic mass is 32.2. The number of aromatic nitrogens is 3. The topological polar surface area (TPSA) is 114 Å². The van der Waals surface area contributed by atoms with E-state index in [0.29, 0.717) is 8.68 Å². The van der Waals surface area contributed by atoms with E-state index in [-0.39, 0.29) is 10.1 Å². The van der Waals surface area contributed by atoms with Crippen LogP contribution in [0, 0.1) is 10.1 Å². The predicted molar refractivity (Wildman–Crippen MR) is 58.2 cm³/mol. The smallest absolute Gasteiger partial charge is 0.289 e. The lowest BCUT2D eigenvalue weighted by atomic mass is 10.9. The van der Waals surface area contributed by atoms with Gasteiger partial charge in [-0.25, -0.2) is 10.5 Å². The maximum Gasteiger partial charge on any atom is 0.344 e. The van der Waals surface area contributed by atoms with Crippen LogP contribution in [0.1, 0.15) is 0 Å². The fourth-order valence-corrected chi connectivity index (χ4v) is 3.39. The average Bonchev–Trinajstić information content (AvgIpc) is 2.87. The van der Waals surface area contributed by atoms with E-state index >= 15 is 0 Å². The number of anilines is 1. The Kier molecular flexibility index (Phi) is 3.28. The molecule has 0 aromatic carbocycles. The Labute approximate surface area is 100 Å². The van der Waals surface area contributed by atoms with E-state index in [1.54, 1.807) is 0 Å². The molecule has 0 unspecified atom stereocenters. The molecule has 0 spiro atoms. The second-order valence-corrected chi connectivity index (χ2v) is 5.79. The van der Waals surface area contributed by atoms with Gasteiger partial charge in [-0.15, -0.1) is 10.2 Å². The molecule has 0 saturated heterocycles. The first kappa shape index (κ1) is 11.2. The fourth-order valence-electron chi connectivity index (χ4n) is 0.753. The van der Waals surface area contributed by atoms with Crippen LogP contribution in [0.15, 0.2) is 14.9 Å². The molecule has 11 heteroatoms.